The van der Waals surface area contributed by atoms with Crippen molar-refractivity contribution in [2.45, 2.75) is 44.6 Å². The predicted octanol–water partition coefficient (Wildman–Crippen LogP) is 3.40. The minimum atomic E-state index is 0.200. The lowest BCUT2D eigenvalue weighted by atomic mass is 9.49. The van der Waals surface area contributed by atoms with Gasteiger partial charge in [0.25, 0.3) is 0 Å². The van der Waals surface area contributed by atoms with Crippen LogP contribution in [-0.4, -0.2) is 12.2 Å². The van der Waals surface area contributed by atoms with Crippen LogP contribution in [0.4, 0.5) is 0 Å². The van der Waals surface area contributed by atoms with Crippen molar-refractivity contribution < 1.29 is 4.74 Å². The van der Waals surface area contributed by atoms with Crippen LogP contribution in [0.3, 0.4) is 0 Å². The summed E-state index contributed by atoms with van der Waals surface area (Å²) in [4.78, 5) is 0. The zero-order valence-electron chi connectivity index (χ0n) is 9.74. The van der Waals surface area contributed by atoms with Gasteiger partial charge in [-0.25, -0.2) is 0 Å². The summed E-state index contributed by atoms with van der Waals surface area (Å²) >= 11 is 0. The van der Waals surface area contributed by atoms with Crippen molar-refractivity contribution in [2.75, 3.05) is 6.61 Å². The van der Waals surface area contributed by atoms with Gasteiger partial charge in [0.15, 0.2) is 0 Å². The van der Waals surface area contributed by atoms with Gasteiger partial charge in [0.1, 0.15) is 0 Å². The topological polar surface area (TPSA) is 9.23 Å². The van der Waals surface area contributed by atoms with Crippen LogP contribution in [0.5, 0.6) is 0 Å². The summed E-state index contributed by atoms with van der Waals surface area (Å²) in [5.74, 6) is 3.46. The number of hydrogen-bond acceptors (Lipinski definition) is 1. The number of ether oxygens (including phenoxy) is 1. The second-order valence-electron chi connectivity index (χ2n) is 5.87. The van der Waals surface area contributed by atoms with E-state index in [1.165, 1.54) is 32.1 Å². The molecule has 84 valence electrons. The quantitative estimate of drug-likeness (QED) is 0.643. The maximum Gasteiger partial charge on any atom is 0.0752 e. The van der Waals surface area contributed by atoms with E-state index in [0.29, 0.717) is 5.92 Å². The monoisotopic (exact) mass is 206 g/mol. The summed E-state index contributed by atoms with van der Waals surface area (Å²) in [6.07, 6.45) is 9.19. The van der Waals surface area contributed by atoms with Gasteiger partial charge in [-0.15, -0.1) is 6.58 Å². The Morgan fingerprint density at radius 2 is 1.93 bits per heavy atom. The van der Waals surface area contributed by atoms with Gasteiger partial charge < -0.3 is 4.74 Å². The molecule has 0 radical (unpaired) electrons. The SMILES string of the molecule is C=CC1C2CC3CC(C2)CC1(OCC)C3. The third-order valence-electron chi connectivity index (χ3n) is 5.01. The summed E-state index contributed by atoms with van der Waals surface area (Å²) in [7, 11) is 0. The molecule has 1 nitrogen and oxygen atoms in total. The molecule has 4 aliphatic carbocycles. The third-order valence-corrected chi connectivity index (χ3v) is 5.01. The predicted molar refractivity (Wildman–Crippen MR) is 61.6 cm³/mol. The molecule has 0 amide bonds. The van der Waals surface area contributed by atoms with Crippen LogP contribution in [0.25, 0.3) is 0 Å². The van der Waals surface area contributed by atoms with Crippen molar-refractivity contribution in [3.63, 3.8) is 0 Å². The van der Waals surface area contributed by atoms with E-state index in [-0.39, 0.29) is 5.60 Å². The van der Waals surface area contributed by atoms with E-state index < -0.39 is 0 Å². The molecule has 4 fully saturated rings. The van der Waals surface area contributed by atoms with E-state index in [4.69, 9.17) is 4.74 Å². The van der Waals surface area contributed by atoms with Gasteiger partial charge in [-0.3, -0.25) is 0 Å². The lowest BCUT2D eigenvalue weighted by molar-refractivity contribution is -0.186. The van der Waals surface area contributed by atoms with Gasteiger partial charge >= 0.3 is 0 Å². The molecule has 0 aromatic heterocycles. The highest BCUT2D eigenvalue weighted by molar-refractivity contribution is 5.12. The standard InChI is InChI=1S/C14H22O/c1-3-13-12-6-10-5-11(7-12)9-14(13,8-10)15-4-2/h3,10-13H,1,4-9H2,2H3. The summed E-state index contributed by atoms with van der Waals surface area (Å²) < 4.78 is 6.17. The fraction of sp³-hybridized carbons (Fsp3) is 0.857. The van der Waals surface area contributed by atoms with Crippen molar-refractivity contribution in [3.8, 4) is 0 Å². The average Bonchev–Trinajstić information content (AvgIpc) is 2.16. The molecular formula is C14H22O. The molecule has 0 aromatic carbocycles. The first-order valence-corrected chi connectivity index (χ1v) is 6.54. The molecule has 0 spiro atoms. The molecule has 4 saturated carbocycles. The van der Waals surface area contributed by atoms with Crippen molar-refractivity contribution in [1.29, 1.82) is 0 Å². The maximum atomic E-state index is 6.17. The molecule has 0 heterocycles. The van der Waals surface area contributed by atoms with Gasteiger partial charge in [0.2, 0.25) is 0 Å². The van der Waals surface area contributed by atoms with Gasteiger partial charge in [0, 0.05) is 12.5 Å². The third kappa shape index (κ3) is 1.32. The Balaban J connectivity index is 1.93. The largest absolute Gasteiger partial charge is 0.375 e. The second kappa shape index (κ2) is 3.35. The molecule has 0 N–H and O–H groups in total. The van der Waals surface area contributed by atoms with Crippen LogP contribution in [0.15, 0.2) is 12.7 Å². The molecule has 3 atom stereocenters. The molecule has 0 saturated heterocycles. The molecule has 0 aliphatic heterocycles. The Bertz CT molecular complexity index is 257. The van der Waals surface area contributed by atoms with Gasteiger partial charge in [0.05, 0.1) is 5.60 Å². The van der Waals surface area contributed by atoms with Crippen molar-refractivity contribution in [2.24, 2.45) is 23.7 Å². The van der Waals surface area contributed by atoms with Crippen molar-refractivity contribution in [3.05, 3.63) is 12.7 Å². The van der Waals surface area contributed by atoms with E-state index in [9.17, 15) is 0 Å². The summed E-state index contributed by atoms with van der Waals surface area (Å²) in [6, 6.07) is 0. The van der Waals surface area contributed by atoms with Crippen LogP contribution < -0.4 is 0 Å². The molecule has 4 aliphatic rings. The first-order chi connectivity index (χ1) is 7.27. The van der Waals surface area contributed by atoms with E-state index in [0.717, 1.165) is 24.4 Å². The lowest BCUT2D eigenvalue weighted by Crippen LogP contribution is -2.57. The molecule has 1 heteroatoms. The molecular weight excluding hydrogens is 184 g/mol. The Labute approximate surface area is 92.9 Å². The number of rotatable bonds is 3. The molecule has 0 aromatic rings. The lowest BCUT2D eigenvalue weighted by Gasteiger charge is -2.60. The summed E-state index contributed by atoms with van der Waals surface area (Å²) in [5.41, 5.74) is 0.200. The molecule has 4 rings (SSSR count). The zero-order chi connectivity index (χ0) is 10.5. The highest BCUT2D eigenvalue weighted by Crippen LogP contribution is 2.60. The van der Waals surface area contributed by atoms with E-state index in [1.807, 2.05) is 0 Å². The first kappa shape index (κ1) is 9.89. The van der Waals surface area contributed by atoms with Crippen molar-refractivity contribution in [1.82, 2.24) is 0 Å². The smallest absolute Gasteiger partial charge is 0.0752 e. The average molecular weight is 206 g/mol. The molecule has 4 bridgehead atoms. The molecule has 3 unspecified atom stereocenters. The fourth-order valence-corrected chi connectivity index (χ4v) is 4.91. The van der Waals surface area contributed by atoms with Gasteiger partial charge in [-0.05, 0) is 56.8 Å². The minimum absolute atomic E-state index is 0.200. The van der Waals surface area contributed by atoms with Crippen LogP contribution >= 0.6 is 0 Å². The van der Waals surface area contributed by atoms with Crippen LogP contribution in [-0.2, 0) is 4.74 Å². The molecule has 15 heavy (non-hydrogen) atoms. The summed E-state index contributed by atoms with van der Waals surface area (Å²) in [6.45, 7) is 7.06. The Morgan fingerprint density at radius 3 is 2.47 bits per heavy atom. The van der Waals surface area contributed by atoms with E-state index in [2.05, 4.69) is 19.6 Å². The van der Waals surface area contributed by atoms with E-state index in [1.54, 1.807) is 0 Å². The minimum Gasteiger partial charge on any atom is -0.375 e. The van der Waals surface area contributed by atoms with Gasteiger partial charge in [-0.2, -0.15) is 0 Å². The first-order valence-electron chi connectivity index (χ1n) is 6.54. The second-order valence-corrected chi connectivity index (χ2v) is 5.87. The Morgan fingerprint density at radius 1 is 1.27 bits per heavy atom. The maximum absolute atomic E-state index is 6.17. The zero-order valence-corrected chi connectivity index (χ0v) is 9.74. The number of hydrogen-bond donors (Lipinski definition) is 0. The van der Waals surface area contributed by atoms with Crippen LogP contribution in [0.1, 0.15) is 39.0 Å². The fourth-order valence-electron chi connectivity index (χ4n) is 4.91. The Hall–Kier alpha value is -0.300. The van der Waals surface area contributed by atoms with E-state index >= 15 is 0 Å². The Kier molecular flexibility index (Phi) is 2.21. The van der Waals surface area contributed by atoms with Crippen molar-refractivity contribution >= 4 is 0 Å². The highest BCUT2D eigenvalue weighted by atomic mass is 16.5. The summed E-state index contributed by atoms with van der Waals surface area (Å²) in [5, 5.41) is 0. The van der Waals surface area contributed by atoms with Crippen LogP contribution in [0, 0.1) is 23.7 Å². The highest BCUT2D eigenvalue weighted by Gasteiger charge is 2.56. The van der Waals surface area contributed by atoms with Gasteiger partial charge in [-0.1, -0.05) is 6.08 Å². The normalized spacial score (nSPS) is 52.1. The van der Waals surface area contributed by atoms with Crippen LogP contribution in [0.2, 0.25) is 0 Å².